The normalized spacial score (nSPS) is 16.9. The van der Waals surface area contributed by atoms with E-state index in [1.807, 2.05) is 0 Å². The van der Waals surface area contributed by atoms with Crippen molar-refractivity contribution in [2.24, 2.45) is 0 Å². The van der Waals surface area contributed by atoms with Crippen LogP contribution in [0.25, 0.3) is 0 Å². The number of nitrogens with zero attached hydrogens (tertiary/aromatic N) is 4. The minimum absolute atomic E-state index is 0. The Morgan fingerprint density at radius 2 is 1.85 bits per heavy atom. The van der Waals surface area contributed by atoms with Crippen LogP contribution >= 0.6 is 24.8 Å². The van der Waals surface area contributed by atoms with Gasteiger partial charge in [-0.25, -0.2) is 9.97 Å². The molecule has 108 valence electrons. The van der Waals surface area contributed by atoms with Gasteiger partial charge in [0.05, 0.1) is 17.9 Å². The Morgan fingerprint density at radius 3 is 2.55 bits per heavy atom. The fourth-order valence-corrected chi connectivity index (χ4v) is 2.10. The lowest BCUT2D eigenvalue weighted by Gasteiger charge is -2.14. The van der Waals surface area contributed by atoms with Crippen LogP contribution in [0.3, 0.4) is 0 Å². The summed E-state index contributed by atoms with van der Waals surface area (Å²) in [5, 5.41) is 6.58. The lowest BCUT2D eigenvalue weighted by Crippen LogP contribution is -2.16. The van der Waals surface area contributed by atoms with Gasteiger partial charge in [0, 0.05) is 24.8 Å². The molecular weight excluding hydrogens is 299 g/mol. The molecule has 1 fully saturated rings. The summed E-state index contributed by atoms with van der Waals surface area (Å²) in [6.07, 6.45) is 10.6. The first-order valence-corrected chi connectivity index (χ1v) is 6.01. The van der Waals surface area contributed by atoms with Crippen molar-refractivity contribution in [3.63, 3.8) is 0 Å². The Bertz CT molecular complexity index is 518. The Labute approximate surface area is 129 Å². The van der Waals surface area contributed by atoms with E-state index in [1.165, 1.54) is 6.42 Å². The van der Waals surface area contributed by atoms with Gasteiger partial charge in [0.15, 0.2) is 5.82 Å². The molecule has 2 aromatic heterocycles. The summed E-state index contributed by atoms with van der Waals surface area (Å²) in [4.78, 5) is 17.0. The Hall–Kier alpha value is -1.50. The molecule has 1 aliphatic heterocycles. The fraction of sp³-hybridized carbons (Fsp3) is 0.333. The molecule has 20 heavy (non-hydrogen) atoms. The maximum Gasteiger partial charge on any atom is 0.154 e. The van der Waals surface area contributed by atoms with Crippen LogP contribution in [0.5, 0.6) is 0 Å². The molecule has 0 saturated carbocycles. The van der Waals surface area contributed by atoms with Gasteiger partial charge in [-0.1, -0.05) is 0 Å². The molecule has 0 spiro atoms. The first-order chi connectivity index (χ1) is 8.93. The molecule has 8 heteroatoms. The molecule has 2 aromatic rings. The van der Waals surface area contributed by atoms with E-state index in [0.717, 1.165) is 24.5 Å². The topological polar surface area (TPSA) is 75.6 Å². The number of hydrogen-bond acceptors (Lipinski definition) is 6. The predicted molar refractivity (Wildman–Crippen MR) is 81.8 cm³/mol. The molecule has 1 aliphatic rings. The van der Waals surface area contributed by atoms with Gasteiger partial charge < -0.3 is 10.6 Å². The van der Waals surface area contributed by atoms with Gasteiger partial charge >= 0.3 is 0 Å². The second-order valence-corrected chi connectivity index (χ2v) is 4.15. The third-order valence-corrected chi connectivity index (χ3v) is 2.93. The summed E-state index contributed by atoms with van der Waals surface area (Å²) in [6, 6.07) is 0.276. The van der Waals surface area contributed by atoms with Crippen LogP contribution in [0.15, 0.2) is 31.0 Å². The van der Waals surface area contributed by atoms with Gasteiger partial charge in [0.25, 0.3) is 0 Å². The van der Waals surface area contributed by atoms with E-state index in [9.17, 15) is 0 Å². The van der Waals surface area contributed by atoms with E-state index in [4.69, 9.17) is 0 Å². The van der Waals surface area contributed by atoms with Crippen molar-refractivity contribution in [1.82, 2.24) is 25.3 Å². The molecule has 0 aliphatic carbocycles. The highest BCUT2D eigenvalue weighted by Gasteiger charge is 2.21. The van der Waals surface area contributed by atoms with Crippen molar-refractivity contribution in [2.45, 2.75) is 18.9 Å². The van der Waals surface area contributed by atoms with Gasteiger partial charge in [0.2, 0.25) is 0 Å². The molecule has 0 aromatic carbocycles. The summed E-state index contributed by atoms with van der Waals surface area (Å²) in [5.74, 6) is 1.43. The zero-order chi connectivity index (χ0) is 12.2. The lowest BCUT2D eigenvalue weighted by atomic mass is 10.1. The summed E-state index contributed by atoms with van der Waals surface area (Å²) in [7, 11) is 0. The van der Waals surface area contributed by atoms with Gasteiger partial charge in [-0.2, -0.15) is 0 Å². The quantitative estimate of drug-likeness (QED) is 0.905. The third kappa shape index (κ3) is 3.75. The van der Waals surface area contributed by atoms with E-state index in [2.05, 4.69) is 30.6 Å². The van der Waals surface area contributed by atoms with E-state index in [-0.39, 0.29) is 30.9 Å². The first kappa shape index (κ1) is 16.6. The van der Waals surface area contributed by atoms with E-state index in [1.54, 1.807) is 31.0 Å². The Kier molecular flexibility index (Phi) is 6.57. The molecule has 6 nitrogen and oxygen atoms in total. The first-order valence-electron chi connectivity index (χ1n) is 6.01. The van der Waals surface area contributed by atoms with Crippen molar-refractivity contribution in [2.75, 3.05) is 11.9 Å². The van der Waals surface area contributed by atoms with Gasteiger partial charge in [0.1, 0.15) is 5.82 Å². The molecule has 1 unspecified atom stereocenters. The fourth-order valence-electron chi connectivity index (χ4n) is 2.10. The molecule has 3 heterocycles. The number of halogens is 2. The van der Waals surface area contributed by atoms with Crippen molar-refractivity contribution in [3.05, 3.63) is 36.7 Å². The number of anilines is 2. The van der Waals surface area contributed by atoms with Crippen LogP contribution in [0.2, 0.25) is 0 Å². The highest BCUT2D eigenvalue weighted by Crippen LogP contribution is 2.26. The van der Waals surface area contributed by atoms with Gasteiger partial charge in [-0.15, -0.1) is 24.8 Å². The highest BCUT2D eigenvalue weighted by molar-refractivity contribution is 5.85. The number of hydrogen-bond donors (Lipinski definition) is 2. The number of aromatic nitrogens is 4. The monoisotopic (exact) mass is 314 g/mol. The van der Waals surface area contributed by atoms with Crippen molar-refractivity contribution in [3.8, 4) is 0 Å². The highest BCUT2D eigenvalue weighted by atomic mass is 35.5. The summed E-state index contributed by atoms with van der Waals surface area (Å²) in [5.41, 5.74) is 0.945. The SMILES string of the molecule is Cl.Cl.c1cnc(Nc2nccnc2C2CCCN2)cn1. The van der Waals surface area contributed by atoms with Crippen molar-refractivity contribution in [1.29, 1.82) is 0 Å². The summed E-state index contributed by atoms with van der Waals surface area (Å²) < 4.78 is 0. The zero-order valence-corrected chi connectivity index (χ0v) is 12.3. The summed E-state index contributed by atoms with van der Waals surface area (Å²) in [6.45, 7) is 1.03. The lowest BCUT2D eigenvalue weighted by molar-refractivity contribution is 0.627. The summed E-state index contributed by atoms with van der Waals surface area (Å²) >= 11 is 0. The molecule has 1 atom stereocenters. The predicted octanol–water partition coefficient (Wildman–Crippen LogP) is 2.28. The molecule has 2 N–H and O–H groups in total. The minimum Gasteiger partial charge on any atom is -0.322 e. The van der Waals surface area contributed by atoms with Crippen LogP contribution in [0, 0.1) is 0 Å². The van der Waals surface area contributed by atoms with E-state index in [0.29, 0.717) is 5.82 Å². The second kappa shape index (κ2) is 7.94. The average molecular weight is 315 g/mol. The molecule has 3 rings (SSSR count). The molecular formula is C12H16Cl2N6. The Morgan fingerprint density at radius 1 is 1.05 bits per heavy atom. The molecule has 1 saturated heterocycles. The van der Waals surface area contributed by atoms with Crippen LogP contribution in [-0.2, 0) is 0 Å². The van der Waals surface area contributed by atoms with Crippen molar-refractivity contribution < 1.29 is 0 Å². The number of rotatable bonds is 3. The van der Waals surface area contributed by atoms with E-state index < -0.39 is 0 Å². The third-order valence-electron chi connectivity index (χ3n) is 2.93. The minimum atomic E-state index is 0. The average Bonchev–Trinajstić information content (AvgIpc) is 2.94. The van der Waals surface area contributed by atoms with Gasteiger partial charge in [-0.3, -0.25) is 9.97 Å². The van der Waals surface area contributed by atoms with E-state index >= 15 is 0 Å². The maximum atomic E-state index is 4.42. The smallest absolute Gasteiger partial charge is 0.154 e. The molecule has 0 amide bonds. The van der Waals surface area contributed by atoms with Gasteiger partial charge in [-0.05, 0) is 19.4 Å². The zero-order valence-electron chi connectivity index (χ0n) is 10.7. The van der Waals surface area contributed by atoms with Crippen LogP contribution in [0.4, 0.5) is 11.6 Å². The standard InChI is InChI=1S/C12H14N6.2ClH/c1-2-9(14-3-1)11-12(17-7-6-16-11)18-10-8-13-4-5-15-10;;/h4-9,14H,1-3H2,(H,15,17,18);2*1H. The molecule has 0 radical (unpaired) electrons. The van der Waals surface area contributed by atoms with Crippen LogP contribution in [-0.4, -0.2) is 26.5 Å². The molecule has 0 bridgehead atoms. The number of nitrogens with one attached hydrogen (secondary N) is 2. The maximum absolute atomic E-state index is 4.42. The van der Waals surface area contributed by atoms with Crippen LogP contribution in [0.1, 0.15) is 24.6 Å². The van der Waals surface area contributed by atoms with Crippen molar-refractivity contribution >= 4 is 36.4 Å². The largest absolute Gasteiger partial charge is 0.322 e. The Balaban J connectivity index is 0.000001000. The van der Waals surface area contributed by atoms with Crippen LogP contribution < -0.4 is 10.6 Å². The second-order valence-electron chi connectivity index (χ2n) is 4.15.